The second-order valence-corrected chi connectivity index (χ2v) is 5.50. The largest absolute Gasteiger partial charge is 0.396 e. The quantitative estimate of drug-likeness (QED) is 0.853. The zero-order valence-electron chi connectivity index (χ0n) is 8.94. The zero-order chi connectivity index (χ0) is 11.0. The van der Waals surface area contributed by atoms with Gasteiger partial charge in [0.2, 0.25) is 0 Å². The van der Waals surface area contributed by atoms with Crippen molar-refractivity contribution in [3.63, 3.8) is 0 Å². The third kappa shape index (κ3) is 1.79. The Hall–Kier alpha value is -1.13. The van der Waals surface area contributed by atoms with E-state index in [-0.39, 0.29) is 5.41 Å². The van der Waals surface area contributed by atoms with Gasteiger partial charge in [-0.05, 0) is 24.3 Å². The molecule has 1 fully saturated rings. The number of aliphatic hydroxyl groups excluding tert-OH is 1. The molecule has 0 amide bonds. The van der Waals surface area contributed by atoms with E-state index in [0.717, 1.165) is 35.5 Å². The predicted molar refractivity (Wildman–Crippen MR) is 64.4 cm³/mol. The van der Waals surface area contributed by atoms with Crippen molar-refractivity contribution >= 4 is 11.3 Å². The fourth-order valence-electron chi connectivity index (χ4n) is 1.90. The third-order valence-electron chi connectivity index (χ3n) is 3.26. The van der Waals surface area contributed by atoms with Crippen molar-refractivity contribution in [2.75, 3.05) is 6.61 Å². The number of aromatic nitrogens is 2. The van der Waals surface area contributed by atoms with Crippen molar-refractivity contribution < 1.29 is 5.11 Å². The summed E-state index contributed by atoms with van der Waals surface area (Å²) in [5, 5.41) is 12.5. The summed E-state index contributed by atoms with van der Waals surface area (Å²) >= 11 is 1.69. The van der Waals surface area contributed by atoms with E-state index in [1.807, 2.05) is 18.5 Å². The van der Waals surface area contributed by atoms with Gasteiger partial charge in [-0.3, -0.25) is 0 Å². The number of H-pyrrole nitrogens is 1. The van der Waals surface area contributed by atoms with Crippen molar-refractivity contribution in [3.8, 4) is 11.3 Å². The molecule has 2 aromatic heterocycles. The minimum Gasteiger partial charge on any atom is -0.396 e. The first-order chi connectivity index (χ1) is 7.81. The first-order valence-corrected chi connectivity index (χ1v) is 6.38. The van der Waals surface area contributed by atoms with Crippen LogP contribution >= 0.6 is 11.3 Å². The van der Waals surface area contributed by atoms with E-state index < -0.39 is 0 Å². The summed E-state index contributed by atoms with van der Waals surface area (Å²) in [6.45, 7) is 0.298. The smallest absolute Gasteiger partial charge is 0.0939 e. The Bertz CT molecular complexity index is 471. The summed E-state index contributed by atoms with van der Waals surface area (Å²) in [6.07, 6.45) is 7.08. The average molecular weight is 234 g/mol. The molecule has 16 heavy (non-hydrogen) atoms. The van der Waals surface area contributed by atoms with E-state index in [2.05, 4.69) is 15.3 Å². The van der Waals surface area contributed by atoms with Crippen LogP contribution in [0, 0.1) is 5.41 Å². The molecule has 1 aliphatic rings. The molecule has 0 aromatic carbocycles. The third-order valence-corrected chi connectivity index (χ3v) is 4.11. The van der Waals surface area contributed by atoms with Crippen LogP contribution in [0.4, 0.5) is 0 Å². The van der Waals surface area contributed by atoms with Gasteiger partial charge in [0.05, 0.1) is 10.7 Å². The van der Waals surface area contributed by atoms with Gasteiger partial charge in [-0.2, -0.15) is 0 Å². The lowest BCUT2D eigenvalue weighted by atomic mass is 10.1. The lowest BCUT2D eigenvalue weighted by Crippen LogP contribution is -2.09. The van der Waals surface area contributed by atoms with Crippen LogP contribution in [0.2, 0.25) is 0 Å². The van der Waals surface area contributed by atoms with E-state index in [0.29, 0.717) is 6.61 Å². The molecule has 0 aliphatic heterocycles. The Morgan fingerprint density at radius 3 is 3.00 bits per heavy atom. The molecule has 1 saturated carbocycles. The van der Waals surface area contributed by atoms with Gasteiger partial charge in [0.25, 0.3) is 0 Å². The van der Waals surface area contributed by atoms with E-state index in [1.165, 1.54) is 0 Å². The fourth-order valence-corrected chi connectivity index (χ4v) is 2.87. The van der Waals surface area contributed by atoms with Gasteiger partial charge >= 0.3 is 0 Å². The Balaban J connectivity index is 1.78. The first kappa shape index (κ1) is 10.1. The van der Waals surface area contributed by atoms with Crippen LogP contribution in [0.25, 0.3) is 11.3 Å². The molecule has 4 heteroatoms. The van der Waals surface area contributed by atoms with Crippen molar-refractivity contribution in [1.82, 2.24) is 9.97 Å². The van der Waals surface area contributed by atoms with Gasteiger partial charge in [0, 0.05) is 36.4 Å². The van der Waals surface area contributed by atoms with Crippen LogP contribution in [0.15, 0.2) is 23.8 Å². The Morgan fingerprint density at radius 2 is 2.38 bits per heavy atom. The number of hydrogen-bond acceptors (Lipinski definition) is 3. The highest BCUT2D eigenvalue weighted by Gasteiger charge is 2.42. The number of hydrogen-bond donors (Lipinski definition) is 2. The second-order valence-electron chi connectivity index (χ2n) is 4.56. The first-order valence-electron chi connectivity index (χ1n) is 5.50. The summed E-state index contributed by atoms with van der Waals surface area (Å²) in [4.78, 5) is 7.65. The number of nitrogens with one attached hydrogen (secondary N) is 1. The zero-order valence-corrected chi connectivity index (χ0v) is 9.76. The van der Waals surface area contributed by atoms with E-state index in [9.17, 15) is 5.11 Å². The van der Waals surface area contributed by atoms with E-state index >= 15 is 0 Å². The van der Waals surface area contributed by atoms with Gasteiger partial charge < -0.3 is 10.1 Å². The maximum atomic E-state index is 9.28. The molecule has 84 valence electrons. The molecule has 0 saturated heterocycles. The summed E-state index contributed by atoms with van der Waals surface area (Å²) < 4.78 is 0. The van der Waals surface area contributed by atoms with Crippen LogP contribution in [0.1, 0.15) is 17.8 Å². The molecule has 2 N–H and O–H groups in total. The van der Waals surface area contributed by atoms with Crippen LogP contribution in [0.3, 0.4) is 0 Å². The Labute approximate surface area is 98.2 Å². The molecule has 0 spiro atoms. The minimum absolute atomic E-state index is 0.160. The van der Waals surface area contributed by atoms with Crippen LogP contribution in [0.5, 0.6) is 0 Å². The fraction of sp³-hybridized carbons (Fsp3) is 0.417. The van der Waals surface area contributed by atoms with Crippen LogP contribution in [-0.4, -0.2) is 21.7 Å². The molecule has 0 radical (unpaired) electrons. The molecule has 3 rings (SSSR count). The molecule has 0 atom stereocenters. The molecular formula is C12H14N2OS. The predicted octanol–water partition coefficient (Wildman–Crippen LogP) is 2.45. The number of aliphatic hydroxyl groups is 1. The molecule has 0 bridgehead atoms. The molecule has 2 heterocycles. The average Bonchev–Trinajstić information content (AvgIpc) is 2.72. The van der Waals surface area contributed by atoms with Gasteiger partial charge in [0.1, 0.15) is 0 Å². The Morgan fingerprint density at radius 1 is 1.50 bits per heavy atom. The van der Waals surface area contributed by atoms with E-state index in [1.54, 1.807) is 11.3 Å². The Kier molecular flexibility index (Phi) is 2.33. The van der Waals surface area contributed by atoms with Gasteiger partial charge in [-0.25, -0.2) is 4.98 Å². The van der Waals surface area contributed by atoms with Crippen molar-refractivity contribution in [2.24, 2.45) is 5.41 Å². The molecule has 0 unspecified atom stereocenters. The number of nitrogens with zero attached hydrogens (tertiary/aromatic N) is 1. The minimum atomic E-state index is 0.160. The van der Waals surface area contributed by atoms with Crippen LogP contribution in [-0.2, 0) is 6.42 Å². The summed E-state index contributed by atoms with van der Waals surface area (Å²) in [7, 11) is 0. The molecule has 1 aliphatic carbocycles. The van der Waals surface area contributed by atoms with Crippen molar-refractivity contribution in [3.05, 3.63) is 28.8 Å². The standard InChI is InChI=1S/C12H14N2OS/c15-8-12(2-3-12)5-11-14-10(7-16-11)9-1-4-13-6-9/h1,4,6-7,13,15H,2-3,5,8H2. The highest BCUT2D eigenvalue weighted by molar-refractivity contribution is 7.09. The normalized spacial score (nSPS) is 17.6. The topological polar surface area (TPSA) is 48.9 Å². The van der Waals surface area contributed by atoms with Crippen LogP contribution < -0.4 is 0 Å². The summed E-state index contributed by atoms with van der Waals surface area (Å²) in [5.74, 6) is 0. The SMILES string of the molecule is OCC1(Cc2nc(-c3cc[nH]c3)cs2)CC1. The monoisotopic (exact) mass is 234 g/mol. The number of rotatable bonds is 4. The summed E-state index contributed by atoms with van der Waals surface area (Å²) in [6, 6.07) is 2.03. The van der Waals surface area contributed by atoms with E-state index in [4.69, 9.17) is 0 Å². The van der Waals surface area contributed by atoms with Gasteiger partial charge in [-0.1, -0.05) is 0 Å². The summed E-state index contributed by atoms with van der Waals surface area (Å²) in [5.41, 5.74) is 2.33. The number of thiazole rings is 1. The molecule has 2 aromatic rings. The van der Waals surface area contributed by atoms with Crippen molar-refractivity contribution in [2.45, 2.75) is 19.3 Å². The maximum Gasteiger partial charge on any atom is 0.0939 e. The lowest BCUT2D eigenvalue weighted by Gasteiger charge is -2.07. The van der Waals surface area contributed by atoms with Crippen molar-refractivity contribution in [1.29, 1.82) is 0 Å². The molecular weight excluding hydrogens is 220 g/mol. The highest BCUT2D eigenvalue weighted by Crippen LogP contribution is 2.48. The second kappa shape index (κ2) is 3.71. The van der Waals surface area contributed by atoms with Gasteiger partial charge in [-0.15, -0.1) is 11.3 Å². The molecule has 3 nitrogen and oxygen atoms in total. The lowest BCUT2D eigenvalue weighted by molar-refractivity contribution is 0.211. The highest BCUT2D eigenvalue weighted by atomic mass is 32.1. The van der Waals surface area contributed by atoms with Gasteiger partial charge in [0.15, 0.2) is 0 Å². The number of aromatic amines is 1. The maximum absolute atomic E-state index is 9.28.